The molecule has 1 atom stereocenters. The van der Waals surface area contributed by atoms with E-state index in [-0.39, 0.29) is 17.2 Å². The van der Waals surface area contributed by atoms with Crippen molar-refractivity contribution in [2.75, 3.05) is 0 Å². The molecule has 0 saturated carbocycles. The van der Waals surface area contributed by atoms with E-state index in [4.69, 9.17) is 5.11 Å². The molecular formula is C17H25NO3. The Kier molecular flexibility index (Phi) is 5.53. The smallest absolute Gasteiger partial charge is 0.326 e. The number of rotatable bonds is 5. The van der Waals surface area contributed by atoms with Gasteiger partial charge in [0.2, 0.25) is 0 Å². The lowest BCUT2D eigenvalue weighted by Gasteiger charge is -2.20. The predicted octanol–water partition coefficient (Wildman–Crippen LogP) is 3.21. The van der Waals surface area contributed by atoms with Gasteiger partial charge in [-0.1, -0.05) is 46.8 Å². The van der Waals surface area contributed by atoms with Gasteiger partial charge >= 0.3 is 5.97 Å². The van der Waals surface area contributed by atoms with Crippen LogP contribution in [-0.4, -0.2) is 23.0 Å². The van der Waals surface area contributed by atoms with Crippen LogP contribution in [0.15, 0.2) is 24.3 Å². The van der Waals surface area contributed by atoms with Gasteiger partial charge in [-0.2, -0.15) is 0 Å². The van der Waals surface area contributed by atoms with E-state index < -0.39 is 12.0 Å². The van der Waals surface area contributed by atoms with Gasteiger partial charge in [-0.25, -0.2) is 4.79 Å². The minimum absolute atomic E-state index is 0.0241. The van der Waals surface area contributed by atoms with Gasteiger partial charge in [0.05, 0.1) is 0 Å². The Morgan fingerprint density at radius 1 is 1.14 bits per heavy atom. The molecule has 1 amide bonds. The fraction of sp³-hybridized carbons (Fsp3) is 0.529. The van der Waals surface area contributed by atoms with Crippen LogP contribution < -0.4 is 5.32 Å². The maximum absolute atomic E-state index is 12.1. The highest BCUT2D eigenvalue weighted by molar-refractivity contribution is 5.96. The number of carboxylic acid groups (broad SMARTS) is 1. The maximum atomic E-state index is 12.1. The first kappa shape index (κ1) is 17.2. The zero-order valence-corrected chi connectivity index (χ0v) is 13.4. The Morgan fingerprint density at radius 2 is 1.67 bits per heavy atom. The second-order valence-corrected chi connectivity index (χ2v) is 6.82. The summed E-state index contributed by atoms with van der Waals surface area (Å²) >= 11 is 0. The van der Waals surface area contributed by atoms with Crippen molar-refractivity contribution in [1.82, 2.24) is 5.32 Å². The third-order valence-electron chi connectivity index (χ3n) is 3.32. The van der Waals surface area contributed by atoms with E-state index in [1.165, 1.54) is 0 Å². The first-order valence-electron chi connectivity index (χ1n) is 7.25. The summed E-state index contributed by atoms with van der Waals surface area (Å²) in [6.45, 7) is 10.2. The van der Waals surface area contributed by atoms with Crippen molar-refractivity contribution < 1.29 is 14.7 Å². The van der Waals surface area contributed by atoms with Crippen LogP contribution in [0, 0.1) is 5.92 Å². The number of hydrogen-bond donors (Lipinski definition) is 2. The lowest BCUT2D eigenvalue weighted by atomic mass is 9.86. The van der Waals surface area contributed by atoms with Gasteiger partial charge in [0.25, 0.3) is 5.91 Å². The summed E-state index contributed by atoms with van der Waals surface area (Å²) in [6, 6.07) is 6.45. The Labute approximate surface area is 126 Å². The molecule has 4 heteroatoms. The van der Waals surface area contributed by atoms with Crippen LogP contribution >= 0.6 is 0 Å². The van der Waals surface area contributed by atoms with E-state index in [1.54, 1.807) is 12.1 Å². The second-order valence-electron chi connectivity index (χ2n) is 6.82. The van der Waals surface area contributed by atoms with Crippen LogP contribution in [0.25, 0.3) is 0 Å². The first-order chi connectivity index (χ1) is 9.61. The Morgan fingerprint density at radius 3 is 2.05 bits per heavy atom. The van der Waals surface area contributed by atoms with Crippen LogP contribution in [0.1, 0.15) is 57.0 Å². The van der Waals surface area contributed by atoms with E-state index in [1.807, 2.05) is 26.0 Å². The highest BCUT2D eigenvalue weighted by Gasteiger charge is 2.22. The summed E-state index contributed by atoms with van der Waals surface area (Å²) in [6.07, 6.45) is 0.418. The summed E-state index contributed by atoms with van der Waals surface area (Å²) in [5.41, 5.74) is 1.64. The average molecular weight is 291 g/mol. The quantitative estimate of drug-likeness (QED) is 0.875. The zero-order valence-electron chi connectivity index (χ0n) is 13.4. The normalized spacial score (nSPS) is 13.0. The number of carbonyl (C=O) groups excluding carboxylic acids is 1. The molecule has 1 aromatic rings. The average Bonchev–Trinajstić information content (AvgIpc) is 2.36. The summed E-state index contributed by atoms with van der Waals surface area (Å²) in [4.78, 5) is 23.3. The molecule has 2 N–H and O–H groups in total. The van der Waals surface area contributed by atoms with E-state index in [2.05, 4.69) is 26.1 Å². The van der Waals surface area contributed by atoms with E-state index >= 15 is 0 Å². The number of aliphatic carboxylic acids is 1. The number of benzene rings is 1. The number of amides is 1. The van der Waals surface area contributed by atoms with Crippen molar-refractivity contribution in [3.63, 3.8) is 0 Å². The number of carbonyl (C=O) groups is 2. The van der Waals surface area contributed by atoms with Crippen LogP contribution in [0.4, 0.5) is 0 Å². The molecule has 21 heavy (non-hydrogen) atoms. The Balaban J connectivity index is 2.81. The van der Waals surface area contributed by atoms with Crippen molar-refractivity contribution in [1.29, 1.82) is 0 Å². The van der Waals surface area contributed by atoms with E-state index in [0.29, 0.717) is 12.0 Å². The van der Waals surface area contributed by atoms with Crippen LogP contribution in [-0.2, 0) is 10.2 Å². The van der Waals surface area contributed by atoms with E-state index in [9.17, 15) is 9.59 Å². The SMILES string of the molecule is CC(C)C[C@H](NC(=O)c1ccc(C(C)(C)C)cc1)C(=O)O. The highest BCUT2D eigenvalue weighted by Crippen LogP contribution is 2.22. The Hall–Kier alpha value is -1.84. The topological polar surface area (TPSA) is 66.4 Å². The molecule has 116 valence electrons. The van der Waals surface area contributed by atoms with Gasteiger partial charge in [0.1, 0.15) is 6.04 Å². The summed E-state index contributed by atoms with van der Waals surface area (Å²) < 4.78 is 0. The predicted molar refractivity (Wildman–Crippen MR) is 83.5 cm³/mol. The molecule has 0 saturated heterocycles. The molecule has 0 fully saturated rings. The number of carboxylic acids is 1. The fourth-order valence-corrected chi connectivity index (χ4v) is 2.06. The molecule has 0 aliphatic rings. The van der Waals surface area contributed by atoms with Gasteiger partial charge in [0.15, 0.2) is 0 Å². The largest absolute Gasteiger partial charge is 0.480 e. The highest BCUT2D eigenvalue weighted by atomic mass is 16.4. The summed E-state index contributed by atoms with van der Waals surface area (Å²) in [5.74, 6) is -1.14. The molecule has 0 bridgehead atoms. The Bertz CT molecular complexity index is 498. The molecule has 0 aromatic heterocycles. The van der Waals surface area contributed by atoms with E-state index in [0.717, 1.165) is 5.56 Å². The lowest BCUT2D eigenvalue weighted by Crippen LogP contribution is -2.41. The standard InChI is InChI=1S/C17H25NO3/c1-11(2)10-14(16(20)21)18-15(19)12-6-8-13(9-7-12)17(3,4)5/h6-9,11,14H,10H2,1-5H3,(H,18,19)(H,20,21)/t14-/m0/s1. The van der Waals surface area contributed by atoms with Crippen LogP contribution in [0.2, 0.25) is 0 Å². The zero-order chi connectivity index (χ0) is 16.2. The molecule has 0 spiro atoms. The third kappa shape index (κ3) is 5.21. The van der Waals surface area contributed by atoms with Gasteiger partial charge in [-0.05, 0) is 35.4 Å². The molecule has 1 aromatic carbocycles. The molecule has 0 aliphatic heterocycles. The van der Waals surface area contributed by atoms with Crippen LogP contribution in [0.5, 0.6) is 0 Å². The minimum atomic E-state index is -0.997. The summed E-state index contributed by atoms with van der Waals surface area (Å²) in [7, 11) is 0. The molecule has 1 rings (SSSR count). The maximum Gasteiger partial charge on any atom is 0.326 e. The van der Waals surface area contributed by atoms with Crippen molar-refractivity contribution in [3.05, 3.63) is 35.4 Å². The van der Waals surface area contributed by atoms with Gasteiger partial charge < -0.3 is 10.4 Å². The van der Waals surface area contributed by atoms with Gasteiger partial charge in [0, 0.05) is 5.56 Å². The molecule has 0 heterocycles. The molecule has 0 unspecified atom stereocenters. The molecule has 0 radical (unpaired) electrons. The minimum Gasteiger partial charge on any atom is -0.480 e. The number of hydrogen-bond acceptors (Lipinski definition) is 2. The third-order valence-corrected chi connectivity index (χ3v) is 3.32. The van der Waals surface area contributed by atoms with Crippen molar-refractivity contribution in [2.45, 2.75) is 52.5 Å². The monoisotopic (exact) mass is 291 g/mol. The first-order valence-corrected chi connectivity index (χ1v) is 7.25. The molecular weight excluding hydrogens is 266 g/mol. The van der Waals surface area contributed by atoms with Crippen molar-refractivity contribution in [3.8, 4) is 0 Å². The summed E-state index contributed by atoms with van der Waals surface area (Å²) in [5, 5.41) is 11.7. The van der Waals surface area contributed by atoms with Crippen molar-refractivity contribution in [2.24, 2.45) is 5.92 Å². The van der Waals surface area contributed by atoms with Gasteiger partial charge in [-0.3, -0.25) is 4.79 Å². The lowest BCUT2D eigenvalue weighted by molar-refractivity contribution is -0.139. The van der Waals surface area contributed by atoms with Gasteiger partial charge in [-0.15, -0.1) is 0 Å². The molecule has 4 nitrogen and oxygen atoms in total. The second kappa shape index (κ2) is 6.74. The molecule has 0 aliphatic carbocycles. The van der Waals surface area contributed by atoms with Crippen LogP contribution in [0.3, 0.4) is 0 Å². The fourth-order valence-electron chi connectivity index (χ4n) is 2.06. The number of nitrogens with one attached hydrogen (secondary N) is 1. The van der Waals surface area contributed by atoms with Crippen molar-refractivity contribution >= 4 is 11.9 Å².